The average Bonchev–Trinajstić information content (AvgIpc) is 2.16. The summed E-state index contributed by atoms with van der Waals surface area (Å²) in [6.45, 7) is 0. The third kappa shape index (κ3) is 1.57. The van der Waals surface area contributed by atoms with Gasteiger partial charge in [-0.2, -0.15) is 0 Å². The Bertz CT molecular complexity index is 265. The maximum absolute atomic E-state index is 5.24. The Morgan fingerprint density at radius 3 is 2.67 bits per heavy atom. The van der Waals surface area contributed by atoms with Crippen molar-refractivity contribution in [1.29, 1.82) is 0 Å². The summed E-state index contributed by atoms with van der Waals surface area (Å²) < 4.78 is 9.87. The zero-order chi connectivity index (χ0) is 8.97. The molecule has 0 spiro atoms. The van der Waals surface area contributed by atoms with Crippen LogP contribution in [0.5, 0.6) is 11.6 Å². The molecule has 5 nitrogen and oxygen atoms in total. The Morgan fingerprint density at radius 1 is 1.42 bits per heavy atom. The van der Waals surface area contributed by atoms with E-state index < -0.39 is 0 Å². The van der Waals surface area contributed by atoms with Crippen molar-refractivity contribution in [3.63, 3.8) is 0 Å². The monoisotopic (exact) mass is 169 g/mol. The minimum Gasteiger partial charge on any atom is -0.493 e. The summed E-state index contributed by atoms with van der Waals surface area (Å²) in [7, 11) is 3.08. The predicted octanol–water partition coefficient (Wildman–Crippen LogP) is 0.384. The lowest BCUT2D eigenvalue weighted by Gasteiger charge is -2.07. The zero-order valence-electron chi connectivity index (χ0n) is 7.00. The molecule has 12 heavy (non-hydrogen) atoms. The molecule has 0 unspecified atom stereocenters. The van der Waals surface area contributed by atoms with Gasteiger partial charge in [0.15, 0.2) is 5.75 Å². The van der Waals surface area contributed by atoms with Crippen LogP contribution in [0.2, 0.25) is 0 Å². The van der Waals surface area contributed by atoms with Crippen LogP contribution in [0.25, 0.3) is 0 Å². The first-order chi connectivity index (χ1) is 5.81. The second-order valence-corrected chi connectivity index (χ2v) is 2.07. The number of nitrogens with one attached hydrogen (secondary N) is 1. The molecule has 0 radical (unpaired) electrons. The van der Waals surface area contributed by atoms with Crippen LogP contribution in [0.1, 0.15) is 0 Å². The van der Waals surface area contributed by atoms with Crippen LogP contribution in [0.3, 0.4) is 0 Å². The number of nitrogens with two attached hydrogens (primary N) is 1. The quantitative estimate of drug-likeness (QED) is 0.505. The van der Waals surface area contributed by atoms with E-state index in [-0.39, 0.29) is 0 Å². The first-order valence-corrected chi connectivity index (χ1v) is 3.36. The van der Waals surface area contributed by atoms with E-state index in [1.165, 1.54) is 13.3 Å². The summed E-state index contributed by atoms with van der Waals surface area (Å²) in [6.07, 6.45) is 1.54. The Kier molecular flexibility index (Phi) is 2.71. The lowest BCUT2D eigenvalue weighted by molar-refractivity contribution is 0.388. The lowest BCUT2D eigenvalue weighted by Crippen LogP contribution is -2.08. The number of hydrogen-bond donors (Lipinski definition) is 2. The van der Waals surface area contributed by atoms with Crippen LogP contribution in [0.15, 0.2) is 12.3 Å². The molecular formula is C7H11N3O2. The number of rotatable bonds is 3. The van der Waals surface area contributed by atoms with Crippen molar-refractivity contribution in [2.75, 3.05) is 19.6 Å². The molecule has 3 N–H and O–H groups in total. The van der Waals surface area contributed by atoms with Crippen LogP contribution in [-0.4, -0.2) is 19.2 Å². The van der Waals surface area contributed by atoms with Gasteiger partial charge in [0, 0.05) is 6.07 Å². The molecular weight excluding hydrogens is 158 g/mol. The van der Waals surface area contributed by atoms with E-state index >= 15 is 0 Å². The Labute approximate surface area is 70.5 Å². The summed E-state index contributed by atoms with van der Waals surface area (Å²) >= 11 is 0. The van der Waals surface area contributed by atoms with Crippen molar-refractivity contribution in [3.8, 4) is 11.6 Å². The van der Waals surface area contributed by atoms with Crippen molar-refractivity contribution < 1.29 is 9.47 Å². The normalized spacial score (nSPS) is 9.25. The topological polar surface area (TPSA) is 69.4 Å². The van der Waals surface area contributed by atoms with Gasteiger partial charge in [0.25, 0.3) is 0 Å². The van der Waals surface area contributed by atoms with Crippen molar-refractivity contribution in [2.45, 2.75) is 0 Å². The van der Waals surface area contributed by atoms with Gasteiger partial charge in [-0.15, -0.1) is 0 Å². The molecule has 5 heteroatoms. The molecule has 1 heterocycles. The van der Waals surface area contributed by atoms with E-state index in [0.717, 1.165) is 0 Å². The number of aromatic nitrogens is 1. The molecule has 0 aliphatic carbocycles. The van der Waals surface area contributed by atoms with Gasteiger partial charge in [-0.1, -0.05) is 0 Å². The zero-order valence-corrected chi connectivity index (χ0v) is 7.00. The highest BCUT2D eigenvalue weighted by Crippen LogP contribution is 2.25. The SMILES string of the molecule is COc1cc(NN)c(OC)cn1. The Morgan fingerprint density at radius 2 is 2.17 bits per heavy atom. The molecule has 0 saturated carbocycles. The molecule has 0 aliphatic rings. The van der Waals surface area contributed by atoms with Crippen molar-refractivity contribution in [3.05, 3.63) is 12.3 Å². The van der Waals surface area contributed by atoms with Gasteiger partial charge in [-0.05, 0) is 0 Å². The first-order valence-electron chi connectivity index (χ1n) is 3.36. The van der Waals surface area contributed by atoms with Gasteiger partial charge < -0.3 is 14.9 Å². The van der Waals surface area contributed by atoms with Gasteiger partial charge in [-0.25, -0.2) is 4.98 Å². The van der Waals surface area contributed by atoms with E-state index in [0.29, 0.717) is 17.3 Å². The number of nitrogen functional groups attached to an aromatic ring is 1. The smallest absolute Gasteiger partial charge is 0.215 e. The van der Waals surface area contributed by atoms with E-state index in [1.54, 1.807) is 13.2 Å². The van der Waals surface area contributed by atoms with Crippen LogP contribution in [0.4, 0.5) is 5.69 Å². The molecule has 1 rings (SSSR count). The molecule has 0 fully saturated rings. The average molecular weight is 169 g/mol. The Hall–Kier alpha value is -1.49. The number of hydrogen-bond acceptors (Lipinski definition) is 5. The number of ether oxygens (including phenoxy) is 2. The summed E-state index contributed by atoms with van der Waals surface area (Å²) in [5, 5.41) is 0. The highest BCUT2D eigenvalue weighted by molar-refractivity contribution is 5.56. The van der Waals surface area contributed by atoms with E-state index in [1.807, 2.05) is 0 Å². The molecule has 0 atom stereocenters. The standard InChI is InChI=1S/C7H11N3O2/c1-11-6-4-9-7(12-2)3-5(6)10-8/h3-4H,8H2,1-2H3,(H,9,10). The van der Waals surface area contributed by atoms with Crippen LogP contribution < -0.4 is 20.7 Å². The van der Waals surface area contributed by atoms with Gasteiger partial charge in [0.05, 0.1) is 26.1 Å². The summed E-state index contributed by atoms with van der Waals surface area (Å²) in [5.74, 6) is 6.31. The van der Waals surface area contributed by atoms with Gasteiger partial charge in [0.1, 0.15) is 0 Å². The number of hydrazine groups is 1. The maximum atomic E-state index is 5.24. The Balaban J connectivity index is 3.02. The summed E-state index contributed by atoms with van der Waals surface area (Å²) in [5.41, 5.74) is 3.12. The second kappa shape index (κ2) is 3.77. The third-order valence-electron chi connectivity index (χ3n) is 1.43. The van der Waals surface area contributed by atoms with Gasteiger partial charge in [-0.3, -0.25) is 5.84 Å². The minimum absolute atomic E-state index is 0.490. The van der Waals surface area contributed by atoms with E-state index in [9.17, 15) is 0 Å². The van der Waals surface area contributed by atoms with Crippen molar-refractivity contribution in [1.82, 2.24) is 4.98 Å². The number of methoxy groups -OCH3 is 2. The van der Waals surface area contributed by atoms with E-state index in [4.69, 9.17) is 15.3 Å². The van der Waals surface area contributed by atoms with Crippen LogP contribution in [0, 0.1) is 0 Å². The fraction of sp³-hybridized carbons (Fsp3) is 0.286. The van der Waals surface area contributed by atoms with Crippen molar-refractivity contribution >= 4 is 5.69 Å². The summed E-state index contributed by atoms with van der Waals surface area (Å²) in [6, 6.07) is 1.65. The number of pyridine rings is 1. The molecule has 0 aromatic carbocycles. The van der Waals surface area contributed by atoms with Crippen LogP contribution in [-0.2, 0) is 0 Å². The first kappa shape index (κ1) is 8.61. The molecule has 0 saturated heterocycles. The molecule has 1 aromatic rings. The second-order valence-electron chi connectivity index (χ2n) is 2.07. The molecule has 0 aliphatic heterocycles. The fourth-order valence-electron chi connectivity index (χ4n) is 0.811. The highest BCUT2D eigenvalue weighted by Gasteiger charge is 2.03. The summed E-state index contributed by atoms with van der Waals surface area (Å²) in [4.78, 5) is 3.93. The van der Waals surface area contributed by atoms with Gasteiger partial charge in [0.2, 0.25) is 5.88 Å². The predicted molar refractivity (Wildman–Crippen MR) is 45.2 cm³/mol. The fourth-order valence-corrected chi connectivity index (χ4v) is 0.811. The number of nitrogens with zero attached hydrogens (tertiary/aromatic N) is 1. The third-order valence-corrected chi connectivity index (χ3v) is 1.43. The van der Waals surface area contributed by atoms with Crippen molar-refractivity contribution in [2.24, 2.45) is 5.84 Å². The molecule has 0 amide bonds. The van der Waals surface area contributed by atoms with Crippen LogP contribution >= 0.6 is 0 Å². The van der Waals surface area contributed by atoms with E-state index in [2.05, 4.69) is 10.4 Å². The van der Waals surface area contributed by atoms with Gasteiger partial charge >= 0.3 is 0 Å². The largest absolute Gasteiger partial charge is 0.493 e. The minimum atomic E-state index is 0.490. The maximum Gasteiger partial charge on any atom is 0.215 e. The molecule has 0 bridgehead atoms. The highest BCUT2D eigenvalue weighted by atomic mass is 16.5. The lowest BCUT2D eigenvalue weighted by atomic mass is 10.4. The molecule has 1 aromatic heterocycles. The molecule has 66 valence electrons. The number of anilines is 1.